The topological polar surface area (TPSA) is 54.3 Å². The molecule has 0 bridgehead atoms. The van der Waals surface area contributed by atoms with Crippen molar-refractivity contribution in [3.8, 4) is 11.1 Å². The van der Waals surface area contributed by atoms with E-state index in [1.807, 2.05) is 0 Å². The predicted molar refractivity (Wildman–Crippen MR) is 97.4 cm³/mol. The first-order valence-electron chi connectivity index (χ1n) is 8.02. The molecule has 1 aromatic heterocycles. The highest BCUT2D eigenvalue weighted by Gasteiger charge is 2.12. The number of nitrogens with zero attached hydrogens (tertiary/aromatic N) is 1. The number of hydrogen-bond acceptors (Lipinski definition) is 3. The van der Waals surface area contributed by atoms with Crippen molar-refractivity contribution in [3.05, 3.63) is 81.8 Å². The van der Waals surface area contributed by atoms with Crippen LogP contribution in [0.4, 0.5) is 20.2 Å². The summed E-state index contributed by atoms with van der Waals surface area (Å²) in [4.78, 5) is 11.9. The minimum atomic E-state index is -0.709. The van der Waals surface area contributed by atoms with Crippen LogP contribution in [-0.2, 0) is 13.7 Å². The molecule has 2 N–H and O–H groups in total. The summed E-state index contributed by atoms with van der Waals surface area (Å²) in [6.07, 6.45) is 1.68. The number of benzene rings is 2. The molecule has 0 aliphatic rings. The summed E-state index contributed by atoms with van der Waals surface area (Å²) in [6.45, 7) is 1.57. The van der Waals surface area contributed by atoms with Gasteiger partial charge in [-0.1, -0.05) is 6.07 Å². The summed E-state index contributed by atoms with van der Waals surface area (Å²) < 4.78 is 28.6. The van der Waals surface area contributed by atoms with Crippen molar-refractivity contribution in [1.29, 1.82) is 0 Å². The standard InChI is InChI=1S/C20H18F2N2O2/c1-12-7-14(10-24(2)20(12)26)16-8-13(11-25)3-5-18(16)23-19-6-4-15(21)9-17(19)22/h3-10,23,25H,11H2,1-2H3. The van der Waals surface area contributed by atoms with Crippen LogP contribution in [0.2, 0.25) is 0 Å². The Morgan fingerprint density at radius 1 is 1.08 bits per heavy atom. The van der Waals surface area contributed by atoms with E-state index in [4.69, 9.17) is 0 Å². The Morgan fingerprint density at radius 3 is 2.46 bits per heavy atom. The zero-order valence-corrected chi connectivity index (χ0v) is 14.4. The maximum atomic E-state index is 14.0. The van der Waals surface area contributed by atoms with E-state index in [1.54, 1.807) is 44.4 Å². The van der Waals surface area contributed by atoms with Crippen LogP contribution in [0.15, 0.2) is 53.5 Å². The van der Waals surface area contributed by atoms with Gasteiger partial charge in [-0.15, -0.1) is 0 Å². The van der Waals surface area contributed by atoms with Gasteiger partial charge in [0.25, 0.3) is 5.56 Å². The average molecular weight is 356 g/mol. The normalized spacial score (nSPS) is 10.8. The van der Waals surface area contributed by atoms with Crippen molar-refractivity contribution >= 4 is 11.4 Å². The van der Waals surface area contributed by atoms with Crippen LogP contribution in [-0.4, -0.2) is 9.67 Å². The molecule has 0 aliphatic carbocycles. The molecule has 6 heteroatoms. The minimum Gasteiger partial charge on any atom is -0.392 e. The molecule has 1 heterocycles. The minimum absolute atomic E-state index is 0.105. The molecule has 0 aliphatic heterocycles. The lowest BCUT2D eigenvalue weighted by atomic mass is 10.0. The Balaban J connectivity index is 2.13. The van der Waals surface area contributed by atoms with E-state index in [0.717, 1.165) is 11.6 Å². The van der Waals surface area contributed by atoms with Crippen molar-refractivity contribution in [1.82, 2.24) is 4.57 Å². The van der Waals surface area contributed by atoms with Gasteiger partial charge in [0.05, 0.1) is 12.3 Å². The Labute approximate surface area is 149 Å². The highest BCUT2D eigenvalue weighted by molar-refractivity contribution is 5.81. The van der Waals surface area contributed by atoms with Gasteiger partial charge in [0.15, 0.2) is 0 Å². The molecule has 0 atom stereocenters. The summed E-state index contributed by atoms with van der Waals surface area (Å²) in [5.74, 6) is -1.36. The molecule has 4 nitrogen and oxygen atoms in total. The van der Waals surface area contributed by atoms with E-state index in [0.29, 0.717) is 22.4 Å². The second kappa shape index (κ2) is 7.09. The second-order valence-corrected chi connectivity index (χ2v) is 6.12. The van der Waals surface area contributed by atoms with Crippen molar-refractivity contribution in [3.63, 3.8) is 0 Å². The quantitative estimate of drug-likeness (QED) is 0.746. The van der Waals surface area contributed by atoms with E-state index in [-0.39, 0.29) is 17.9 Å². The monoisotopic (exact) mass is 356 g/mol. The van der Waals surface area contributed by atoms with Gasteiger partial charge >= 0.3 is 0 Å². The second-order valence-electron chi connectivity index (χ2n) is 6.12. The van der Waals surface area contributed by atoms with Crippen LogP contribution < -0.4 is 10.9 Å². The Hall–Kier alpha value is -2.99. The van der Waals surface area contributed by atoms with Crippen LogP contribution in [0.1, 0.15) is 11.1 Å². The fourth-order valence-corrected chi connectivity index (χ4v) is 2.80. The number of rotatable bonds is 4. The summed E-state index contributed by atoms with van der Waals surface area (Å²) in [5.41, 5.74) is 3.28. The molecule has 0 saturated heterocycles. The highest BCUT2D eigenvalue weighted by atomic mass is 19.1. The number of aliphatic hydroxyl groups is 1. The molecule has 0 spiro atoms. The third kappa shape index (κ3) is 3.50. The largest absolute Gasteiger partial charge is 0.392 e. The predicted octanol–water partition coefficient (Wildman–Crippen LogP) is 3.87. The van der Waals surface area contributed by atoms with Crippen LogP contribution in [0.3, 0.4) is 0 Å². The fraction of sp³-hybridized carbons (Fsp3) is 0.150. The molecule has 0 saturated carbocycles. The SMILES string of the molecule is Cc1cc(-c2cc(CO)ccc2Nc2ccc(F)cc2F)cn(C)c1=O. The van der Waals surface area contributed by atoms with Gasteiger partial charge < -0.3 is 15.0 Å². The van der Waals surface area contributed by atoms with E-state index < -0.39 is 11.6 Å². The first-order valence-corrected chi connectivity index (χ1v) is 8.02. The summed E-state index contributed by atoms with van der Waals surface area (Å²) >= 11 is 0. The molecular weight excluding hydrogens is 338 g/mol. The number of aliphatic hydroxyl groups excluding tert-OH is 1. The molecule has 0 amide bonds. The van der Waals surface area contributed by atoms with E-state index in [1.165, 1.54) is 16.7 Å². The van der Waals surface area contributed by atoms with Gasteiger partial charge in [0.2, 0.25) is 0 Å². The van der Waals surface area contributed by atoms with Gasteiger partial charge in [-0.05, 0) is 42.8 Å². The van der Waals surface area contributed by atoms with Gasteiger partial charge in [-0.25, -0.2) is 8.78 Å². The van der Waals surface area contributed by atoms with E-state index in [9.17, 15) is 18.7 Å². The number of pyridine rings is 1. The third-order valence-electron chi connectivity index (χ3n) is 4.14. The van der Waals surface area contributed by atoms with Gasteiger partial charge in [0.1, 0.15) is 11.6 Å². The molecule has 3 rings (SSSR count). The first-order chi connectivity index (χ1) is 12.4. The van der Waals surface area contributed by atoms with E-state index in [2.05, 4.69) is 5.32 Å². The van der Waals surface area contributed by atoms with Crippen LogP contribution in [0, 0.1) is 18.6 Å². The third-order valence-corrected chi connectivity index (χ3v) is 4.14. The zero-order chi connectivity index (χ0) is 18.8. The maximum absolute atomic E-state index is 14.0. The number of aromatic nitrogens is 1. The van der Waals surface area contributed by atoms with Gasteiger partial charge in [-0.2, -0.15) is 0 Å². The lowest BCUT2D eigenvalue weighted by molar-refractivity contribution is 0.282. The first kappa shape index (κ1) is 17.8. The average Bonchev–Trinajstić information content (AvgIpc) is 2.61. The molecule has 134 valence electrons. The highest BCUT2D eigenvalue weighted by Crippen LogP contribution is 2.32. The van der Waals surface area contributed by atoms with Crippen LogP contribution in [0.5, 0.6) is 0 Å². The van der Waals surface area contributed by atoms with Crippen molar-refractivity contribution in [2.75, 3.05) is 5.32 Å². The molecule has 26 heavy (non-hydrogen) atoms. The molecule has 0 fully saturated rings. The summed E-state index contributed by atoms with van der Waals surface area (Å²) in [7, 11) is 1.65. The molecule has 0 radical (unpaired) electrons. The Bertz CT molecular complexity index is 1000. The van der Waals surface area contributed by atoms with Crippen LogP contribution in [0.25, 0.3) is 11.1 Å². The lowest BCUT2D eigenvalue weighted by Crippen LogP contribution is -2.18. The molecule has 2 aromatic carbocycles. The Morgan fingerprint density at radius 2 is 1.81 bits per heavy atom. The van der Waals surface area contributed by atoms with Crippen molar-refractivity contribution in [2.45, 2.75) is 13.5 Å². The number of anilines is 2. The zero-order valence-electron chi connectivity index (χ0n) is 14.4. The summed E-state index contributed by atoms with van der Waals surface area (Å²) in [6, 6.07) is 10.2. The number of nitrogens with one attached hydrogen (secondary N) is 1. The van der Waals surface area contributed by atoms with Gasteiger partial charge in [0, 0.05) is 41.7 Å². The van der Waals surface area contributed by atoms with Gasteiger partial charge in [-0.3, -0.25) is 4.79 Å². The molecule has 0 unspecified atom stereocenters. The van der Waals surface area contributed by atoms with Crippen molar-refractivity contribution in [2.24, 2.45) is 7.05 Å². The number of hydrogen-bond donors (Lipinski definition) is 2. The van der Waals surface area contributed by atoms with Crippen molar-refractivity contribution < 1.29 is 13.9 Å². The Kier molecular flexibility index (Phi) is 4.86. The summed E-state index contributed by atoms with van der Waals surface area (Å²) in [5, 5.41) is 12.4. The smallest absolute Gasteiger partial charge is 0.253 e. The van der Waals surface area contributed by atoms with Crippen LogP contribution >= 0.6 is 0 Å². The lowest BCUT2D eigenvalue weighted by Gasteiger charge is -2.15. The molecule has 3 aromatic rings. The molecular formula is C20H18F2N2O2. The van der Waals surface area contributed by atoms with E-state index >= 15 is 0 Å². The number of halogens is 2. The number of aryl methyl sites for hydroxylation is 2. The fourth-order valence-electron chi connectivity index (χ4n) is 2.80. The maximum Gasteiger partial charge on any atom is 0.253 e.